The van der Waals surface area contributed by atoms with E-state index in [1.54, 1.807) is 31.3 Å². The zero-order chi connectivity index (χ0) is 14.7. The Hall–Kier alpha value is -0.730. The van der Waals surface area contributed by atoms with Gasteiger partial charge in [-0.2, -0.15) is 17.0 Å². The van der Waals surface area contributed by atoms with Crippen LogP contribution in [0.25, 0.3) is 0 Å². The first kappa shape index (κ1) is 15.2. The maximum absolute atomic E-state index is 12.8. The van der Waals surface area contributed by atoms with Gasteiger partial charge in [-0.15, -0.1) is 22.7 Å². The van der Waals surface area contributed by atoms with E-state index < -0.39 is 10.2 Å². The Balaban J connectivity index is 1.83. The first-order chi connectivity index (χ1) is 10.2. The maximum Gasteiger partial charge on any atom is 0.282 e. The minimum atomic E-state index is -3.37. The minimum absolute atomic E-state index is 0.453. The number of hydrogen-bond donors (Lipinski definition) is 0. The number of thiophene rings is 2. The molecule has 7 heteroatoms. The molecular formula is C14H18N2O2S3. The van der Waals surface area contributed by atoms with Gasteiger partial charge in [0.1, 0.15) is 0 Å². The van der Waals surface area contributed by atoms with Crippen LogP contribution in [0.3, 0.4) is 0 Å². The summed E-state index contributed by atoms with van der Waals surface area (Å²) >= 11 is 3.20. The van der Waals surface area contributed by atoms with Gasteiger partial charge in [0, 0.05) is 35.9 Å². The van der Waals surface area contributed by atoms with E-state index >= 15 is 0 Å². The van der Waals surface area contributed by atoms with E-state index in [-0.39, 0.29) is 0 Å². The molecule has 0 N–H and O–H groups in total. The van der Waals surface area contributed by atoms with Gasteiger partial charge in [0.25, 0.3) is 10.2 Å². The fraction of sp³-hybridized carbons (Fsp3) is 0.429. The third-order valence-electron chi connectivity index (χ3n) is 3.54. The smallest absolute Gasteiger partial charge is 0.195 e. The molecule has 1 saturated heterocycles. The second-order valence-corrected chi connectivity index (χ2v) is 9.03. The Morgan fingerprint density at radius 1 is 1.00 bits per heavy atom. The van der Waals surface area contributed by atoms with E-state index in [2.05, 4.69) is 0 Å². The first-order valence-corrected chi connectivity index (χ1v) is 10.1. The van der Waals surface area contributed by atoms with Crippen LogP contribution >= 0.6 is 22.7 Å². The van der Waals surface area contributed by atoms with E-state index in [1.807, 2.05) is 35.0 Å². The maximum atomic E-state index is 12.8. The fourth-order valence-electron chi connectivity index (χ4n) is 2.45. The molecule has 3 rings (SSSR count). The second kappa shape index (κ2) is 6.58. The van der Waals surface area contributed by atoms with E-state index in [4.69, 9.17) is 0 Å². The minimum Gasteiger partial charge on any atom is -0.195 e. The summed E-state index contributed by atoms with van der Waals surface area (Å²) in [5.74, 6) is 0. The van der Waals surface area contributed by atoms with Gasteiger partial charge in [-0.05, 0) is 35.7 Å². The van der Waals surface area contributed by atoms with E-state index in [0.717, 1.165) is 22.6 Å². The van der Waals surface area contributed by atoms with Crippen molar-refractivity contribution >= 4 is 32.9 Å². The molecule has 3 heterocycles. The molecular weight excluding hydrogens is 324 g/mol. The van der Waals surface area contributed by atoms with Crippen molar-refractivity contribution in [2.75, 3.05) is 13.1 Å². The lowest BCUT2D eigenvalue weighted by molar-refractivity contribution is 0.354. The molecule has 0 radical (unpaired) electrons. The van der Waals surface area contributed by atoms with E-state index in [0.29, 0.717) is 26.2 Å². The highest BCUT2D eigenvalue weighted by atomic mass is 32.2. The highest BCUT2D eigenvalue weighted by Crippen LogP contribution is 2.24. The number of rotatable bonds is 6. The molecule has 1 aliphatic rings. The van der Waals surface area contributed by atoms with Crippen LogP contribution in [-0.2, 0) is 23.3 Å². The van der Waals surface area contributed by atoms with Crippen LogP contribution < -0.4 is 0 Å². The monoisotopic (exact) mass is 342 g/mol. The second-order valence-electron chi connectivity index (χ2n) is 5.04. The molecule has 0 unspecified atom stereocenters. The molecule has 0 spiro atoms. The summed E-state index contributed by atoms with van der Waals surface area (Å²) in [6, 6.07) is 7.91. The molecule has 0 saturated carbocycles. The van der Waals surface area contributed by atoms with Crippen molar-refractivity contribution in [3.05, 3.63) is 44.8 Å². The fourth-order valence-corrected chi connectivity index (χ4v) is 5.71. The quantitative estimate of drug-likeness (QED) is 0.809. The van der Waals surface area contributed by atoms with Crippen LogP contribution in [0.4, 0.5) is 0 Å². The Morgan fingerprint density at radius 2 is 1.52 bits per heavy atom. The number of hydrogen-bond acceptors (Lipinski definition) is 4. The lowest BCUT2D eigenvalue weighted by atomic mass is 10.4. The van der Waals surface area contributed by atoms with Gasteiger partial charge >= 0.3 is 0 Å². The van der Waals surface area contributed by atoms with Crippen molar-refractivity contribution in [2.45, 2.75) is 25.9 Å². The largest absolute Gasteiger partial charge is 0.282 e. The Labute approximate surface area is 133 Å². The standard InChI is InChI=1S/C14H18N2O2S3/c17-21(18,15-7-1-2-8-15)16(11-13-5-3-9-19-13)12-14-6-4-10-20-14/h3-6,9-10H,1-2,7-8,11-12H2. The van der Waals surface area contributed by atoms with E-state index in [9.17, 15) is 8.42 Å². The van der Waals surface area contributed by atoms with Crippen LogP contribution in [0.1, 0.15) is 22.6 Å². The Bertz CT molecular complexity index is 608. The summed E-state index contributed by atoms with van der Waals surface area (Å²) in [6.45, 7) is 2.20. The van der Waals surface area contributed by atoms with Crippen molar-refractivity contribution in [3.8, 4) is 0 Å². The topological polar surface area (TPSA) is 40.6 Å². The van der Waals surface area contributed by atoms with Crippen molar-refractivity contribution < 1.29 is 8.42 Å². The lowest BCUT2D eigenvalue weighted by Crippen LogP contribution is -2.41. The van der Waals surface area contributed by atoms with Gasteiger partial charge in [-0.25, -0.2) is 0 Å². The van der Waals surface area contributed by atoms with Gasteiger partial charge in [-0.1, -0.05) is 12.1 Å². The Kier molecular flexibility index (Phi) is 4.75. The predicted molar refractivity (Wildman–Crippen MR) is 87.6 cm³/mol. The average Bonchev–Trinajstić information content (AvgIpc) is 3.22. The predicted octanol–water partition coefficient (Wildman–Crippen LogP) is 3.15. The van der Waals surface area contributed by atoms with Gasteiger partial charge in [-0.3, -0.25) is 0 Å². The van der Waals surface area contributed by atoms with Gasteiger partial charge in [0.05, 0.1) is 0 Å². The van der Waals surface area contributed by atoms with Crippen molar-refractivity contribution in [1.82, 2.24) is 8.61 Å². The molecule has 1 aliphatic heterocycles. The van der Waals surface area contributed by atoms with Crippen LogP contribution in [-0.4, -0.2) is 30.1 Å². The van der Waals surface area contributed by atoms with Gasteiger partial charge < -0.3 is 0 Å². The molecule has 114 valence electrons. The molecule has 0 aliphatic carbocycles. The van der Waals surface area contributed by atoms with E-state index in [1.165, 1.54) is 0 Å². The van der Waals surface area contributed by atoms with Crippen molar-refractivity contribution in [2.24, 2.45) is 0 Å². The summed E-state index contributed by atoms with van der Waals surface area (Å²) in [7, 11) is -3.37. The first-order valence-electron chi connectivity index (χ1n) is 6.96. The average molecular weight is 343 g/mol. The zero-order valence-corrected chi connectivity index (χ0v) is 14.1. The molecule has 0 atom stereocenters. The lowest BCUT2D eigenvalue weighted by Gasteiger charge is -2.26. The molecule has 2 aromatic rings. The van der Waals surface area contributed by atoms with Crippen LogP contribution in [0.5, 0.6) is 0 Å². The van der Waals surface area contributed by atoms with Crippen molar-refractivity contribution in [1.29, 1.82) is 0 Å². The third-order valence-corrected chi connectivity index (χ3v) is 7.19. The van der Waals surface area contributed by atoms with Crippen LogP contribution in [0, 0.1) is 0 Å². The molecule has 0 aromatic carbocycles. The summed E-state index contributed by atoms with van der Waals surface area (Å²) in [5.41, 5.74) is 0. The highest BCUT2D eigenvalue weighted by molar-refractivity contribution is 7.86. The molecule has 0 bridgehead atoms. The molecule has 2 aromatic heterocycles. The zero-order valence-electron chi connectivity index (χ0n) is 11.6. The SMILES string of the molecule is O=S(=O)(N1CCCC1)N(Cc1cccs1)Cc1cccs1. The highest BCUT2D eigenvalue weighted by Gasteiger charge is 2.32. The summed E-state index contributed by atoms with van der Waals surface area (Å²) < 4.78 is 28.9. The summed E-state index contributed by atoms with van der Waals surface area (Å²) in [5, 5.41) is 3.97. The third kappa shape index (κ3) is 3.54. The number of nitrogens with zero attached hydrogens (tertiary/aromatic N) is 2. The Morgan fingerprint density at radius 3 is 1.95 bits per heavy atom. The molecule has 21 heavy (non-hydrogen) atoms. The summed E-state index contributed by atoms with van der Waals surface area (Å²) in [6.07, 6.45) is 1.93. The molecule has 0 amide bonds. The molecule has 4 nitrogen and oxygen atoms in total. The normalized spacial score (nSPS) is 16.8. The van der Waals surface area contributed by atoms with Gasteiger partial charge in [0.2, 0.25) is 0 Å². The molecule has 1 fully saturated rings. The van der Waals surface area contributed by atoms with Gasteiger partial charge in [0.15, 0.2) is 0 Å². The van der Waals surface area contributed by atoms with Crippen LogP contribution in [0.2, 0.25) is 0 Å². The summed E-state index contributed by atoms with van der Waals surface area (Å²) in [4.78, 5) is 2.16. The van der Waals surface area contributed by atoms with Crippen molar-refractivity contribution in [3.63, 3.8) is 0 Å². The van der Waals surface area contributed by atoms with Crippen LogP contribution in [0.15, 0.2) is 35.0 Å².